The predicted molar refractivity (Wildman–Crippen MR) is 116 cm³/mol. The molecule has 0 bridgehead atoms. The van der Waals surface area contributed by atoms with Crippen molar-refractivity contribution >= 4 is 29.9 Å². The van der Waals surface area contributed by atoms with Crippen LogP contribution >= 0.6 is 24.0 Å². The number of fused-ring (bicyclic) bond motifs is 1. The number of aliphatic imine (C=N–C) groups is 1. The van der Waals surface area contributed by atoms with Crippen LogP contribution in [0.25, 0.3) is 0 Å². The standard InChI is InChI=1S/C19H26N6.HI/c1-4-11-20-19(21-13-18-24-23-14(2)25(18)3)22-17-10-9-15-7-5-6-8-16(15)12-17;/h4-8,17H,1,9-13H2,2-3H3,(H2,20,21,22);1H. The zero-order valence-corrected chi connectivity index (χ0v) is 17.7. The van der Waals surface area contributed by atoms with Gasteiger partial charge in [0.25, 0.3) is 0 Å². The van der Waals surface area contributed by atoms with Crippen LogP contribution in [-0.4, -0.2) is 33.3 Å². The molecule has 1 heterocycles. The van der Waals surface area contributed by atoms with Crippen molar-refractivity contribution in [2.75, 3.05) is 6.54 Å². The summed E-state index contributed by atoms with van der Waals surface area (Å²) in [5.41, 5.74) is 2.89. The van der Waals surface area contributed by atoms with Crippen LogP contribution in [0, 0.1) is 6.92 Å². The maximum absolute atomic E-state index is 4.68. The summed E-state index contributed by atoms with van der Waals surface area (Å²) in [4.78, 5) is 4.68. The second-order valence-corrected chi connectivity index (χ2v) is 6.41. The van der Waals surface area contributed by atoms with Gasteiger partial charge in [-0.1, -0.05) is 30.3 Å². The molecule has 0 fully saturated rings. The van der Waals surface area contributed by atoms with Crippen molar-refractivity contribution in [3.63, 3.8) is 0 Å². The largest absolute Gasteiger partial charge is 0.353 e. The Labute approximate surface area is 172 Å². The molecule has 0 radical (unpaired) electrons. The number of guanidine groups is 1. The normalized spacial score (nSPS) is 16.4. The third-order valence-corrected chi connectivity index (χ3v) is 4.66. The van der Waals surface area contributed by atoms with E-state index in [0.717, 1.165) is 36.9 Å². The van der Waals surface area contributed by atoms with Crippen LogP contribution in [-0.2, 0) is 26.4 Å². The molecular formula is C19H27IN6. The van der Waals surface area contributed by atoms with Gasteiger partial charge in [-0.15, -0.1) is 40.8 Å². The molecule has 140 valence electrons. The lowest BCUT2D eigenvalue weighted by Crippen LogP contribution is -2.45. The average Bonchev–Trinajstić information content (AvgIpc) is 2.96. The molecule has 2 N–H and O–H groups in total. The summed E-state index contributed by atoms with van der Waals surface area (Å²) in [6.07, 6.45) is 5.06. The lowest BCUT2D eigenvalue weighted by Gasteiger charge is -2.27. The Balaban J connectivity index is 0.00000243. The number of aromatic nitrogens is 3. The summed E-state index contributed by atoms with van der Waals surface area (Å²) in [6.45, 7) is 6.88. The molecule has 1 aromatic carbocycles. The van der Waals surface area contributed by atoms with Gasteiger partial charge in [-0.2, -0.15) is 0 Å². The Morgan fingerprint density at radius 2 is 2.12 bits per heavy atom. The van der Waals surface area contributed by atoms with Crippen LogP contribution in [0.2, 0.25) is 0 Å². The molecule has 1 atom stereocenters. The van der Waals surface area contributed by atoms with E-state index in [1.165, 1.54) is 11.1 Å². The summed E-state index contributed by atoms with van der Waals surface area (Å²) in [7, 11) is 1.96. The fourth-order valence-electron chi connectivity index (χ4n) is 3.07. The van der Waals surface area contributed by atoms with E-state index in [0.29, 0.717) is 19.1 Å². The van der Waals surface area contributed by atoms with Gasteiger partial charge < -0.3 is 15.2 Å². The fraction of sp³-hybridized carbons (Fsp3) is 0.421. The molecule has 3 rings (SSSR count). The van der Waals surface area contributed by atoms with Crippen molar-refractivity contribution < 1.29 is 0 Å². The quantitative estimate of drug-likeness (QED) is 0.308. The number of benzene rings is 1. The van der Waals surface area contributed by atoms with Crippen LogP contribution < -0.4 is 10.6 Å². The first-order valence-corrected chi connectivity index (χ1v) is 8.74. The summed E-state index contributed by atoms with van der Waals surface area (Å²) in [5, 5.41) is 15.1. The molecule has 2 aromatic rings. The van der Waals surface area contributed by atoms with Crippen LogP contribution in [0.1, 0.15) is 29.2 Å². The molecule has 1 unspecified atom stereocenters. The van der Waals surface area contributed by atoms with Gasteiger partial charge in [-0.05, 0) is 37.3 Å². The van der Waals surface area contributed by atoms with E-state index in [1.54, 1.807) is 0 Å². The van der Waals surface area contributed by atoms with Crippen LogP contribution in [0.4, 0.5) is 0 Å². The number of nitrogens with one attached hydrogen (secondary N) is 2. The van der Waals surface area contributed by atoms with E-state index < -0.39 is 0 Å². The minimum absolute atomic E-state index is 0. The highest BCUT2D eigenvalue weighted by atomic mass is 127. The summed E-state index contributed by atoms with van der Waals surface area (Å²) in [6, 6.07) is 9.07. The molecule has 0 saturated carbocycles. The van der Waals surface area contributed by atoms with E-state index in [4.69, 9.17) is 0 Å². The van der Waals surface area contributed by atoms with Gasteiger partial charge in [0.15, 0.2) is 11.8 Å². The lowest BCUT2D eigenvalue weighted by atomic mass is 9.88. The molecule has 6 nitrogen and oxygen atoms in total. The van der Waals surface area contributed by atoms with Crippen molar-refractivity contribution in [2.24, 2.45) is 12.0 Å². The van der Waals surface area contributed by atoms with Gasteiger partial charge in [-0.25, -0.2) is 4.99 Å². The molecule has 0 aliphatic heterocycles. The molecule has 1 aromatic heterocycles. The zero-order chi connectivity index (χ0) is 17.6. The van der Waals surface area contributed by atoms with Gasteiger partial charge in [0.1, 0.15) is 12.4 Å². The van der Waals surface area contributed by atoms with Gasteiger partial charge in [0.2, 0.25) is 0 Å². The molecular weight excluding hydrogens is 439 g/mol. The van der Waals surface area contributed by atoms with Crippen molar-refractivity contribution in [2.45, 2.75) is 38.8 Å². The number of aryl methyl sites for hydroxylation is 2. The Hall–Kier alpha value is -1.90. The smallest absolute Gasteiger partial charge is 0.192 e. The van der Waals surface area contributed by atoms with Gasteiger partial charge in [0, 0.05) is 19.6 Å². The number of hydrogen-bond donors (Lipinski definition) is 2. The third-order valence-electron chi connectivity index (χ3n) is 4.66. The molecule has 0 saturated heterocycles. The number of hydrogen-bond acceptors (Lipinski definition) is 3. The Bertz CT molecular complexity index is 767. The maximum Gasteiger partial charge on any atom is 0.192 e. The van der Waals surface area contributed by atoms with E-state index in [1.807, 2.05) is 24.6 Å². The van der Waals surface area contributed by atoms with Crippen molar-refractivity contribution in [1.82, 2.24) is 25.4 Å². The highest BCUT2D eigenvalue weighted by molar-refractivity contribution is 14.0. The fourth-order valence-corrected chi connectivity index (χ4v) is 3.07. The molecule has 7 heteroatoms. The monoisotopic (exact) mass is 466 g/mol. The molecule has 26 heavy (non-hydrogen) atoms. The van der Waals surface area contributed by atoms with Gasteiger partial charge in [-0.3, -0.25) is 0 Å². The zero-order valence-electron chi connectivity index (χ0n) is 15.4. The third kappa shape index (κ3) is 5.06. The van der Waals surface area contributed by atoms with E-state index in [-0.39, 0.29) is 24.0 Å². The topological polar surface area (TPSA) is 67.1 Å². The molecule has 0 spiro atoms. The summed E-state index contributed by atoms with van der Waals surface area (Å²) >= 11 is 0. The SMILES string of the molecule is C=CCNC(=NCc1nnc(C)n1C)NC1CCc2ccccc2C1.I. The van der Waals surface area contributed by atoms with Gasteiger partial charge in [0.05, 0.1) is 0 Å². The second kappa shape index (κ2) is 9.70. The molecule has 1 aliphatic rings. The summed E-state index contributed by atoms with van der Waals surface area (Å²) in [5.74, 6) is 2.54. The van der Waals surface area contributed by atoms with E-state index in [9.17, 15) is 0 Å². The van der Waals surface area contributed by atoms with Crippen molar-refractivity contribution in [3.8, 4) is 0 Å². The van der Waals surface area contributed by atoms with Gasteiger partial charge >= 0.3 is 0 Å². The van der Waals surface area contributed by atoms with Crippen molar-refractivity contribution in [3.05, 3.63) is 59.7 Å². The van der Waals surface area contributed by atoms with Crippen LogP contribution in [0.15, 0.2) is 41.9 Å². The minimum Gasteiger partial charge on any atom is -0.353 e. The minimum atomic E-state index is 0. The Kier molecular flexibility index (Phi) is 7.62. The predicted octanol–water partition coefficient (Wildman–Crippen LogP) is 2.52. The first kappa shape index (κ1) is 20.4. The van der Waals surface area contributed by atoms with Crippen LogP contribution in [0.3, 0.4) is 0 Å². The number of nitrogens with zero attached hydrogens (tertiary/aromatic N) is 4. The molecule has 1 aliphatic carbocycles. The highest BCUT2D eigenvalue weighted by Crippen LogP contribution is 2.20. The number of rotatable bonds is 5. The first-order valence-electron chi connectivity index (χ1n) is 8.74. The highest BCUT2D eigenvalue weighted by Gasteiger charge is 2.19. The average molecular weight is 466 g/mol. The maximum atomic E-state index is 4.68. The van der Waals surface area contributed by atoms with Crippen LogP contribution in [0.5, 0.6) is 0 Å². The first-order chi connectivity index (χ1) is 12.2. The van der Waals surface area contributed by atoms with E-state index >= 15 is 0 Å². The summed E-state index contributed by atoms with van der Waals surface area (Å²) < 4.78 is 1.96. The number of halogens is 1. The Morgan fingerprint density at radius 3 is 2.81 bits per heavy atom. The lowest BCUT2D eigenvalue weighted by molar-refractivity contribution is 0.521. The molecule has 0 amide bonds. The Morgan fingerprint density at radius 1 is 1.35 bits per heavy atom. The van der Waals surface area contributed by atoms with Crippen molar-refractivity contribution in [1.29, 1.82) is 0 Å². The second-order valence-electron chi connectivity index (χ2n) is 6.41. The van der Waals surface area contributed by atoms with E-state index in [2.05, 4.69) is 56.7 Å².